The Bertz CT molecular complexity index is 1960. The zero-order chi connectivity index (χ0) is 34.9. The number of aromatic amines is 2. The van der Waals surface area contributed by atoms with Gasteiger partial charge in [-0.2, -0.15) is 0 Å². The van der Waals surface area contributed by atoms with Crippen LogP contribution in [-0.2, 0) is 22.4 Å². The summed E-state index contributed by atoms with van der Waals surface area (Å²) in [7, 11) is 3.47. The molecule has 8 rings (SSSR count). The number of nitrogens with zero attached hydrogens (tertiary/aromatic N) is 2. The van der Waals surface area contributed by atoms with Crippen molar-refractivity contribution in [1.29, 1.82) is 0 Å². The quantitative estimate of drug-likeness (QED) is 0.129. The summed E-state index contributed by atoms with van der Waals surface area (Å²) in [6, 6.07) is 12.4. The van der Waals surface area contributed by atoms with Crippen molar-refractivity contribution in [2.24, 2.45) is 23.2 Å². The number of hydrogen-bond acceptors (Lipinski definition) is 7. The lowest BCUT2D eigenvalue weighted by Gasteiger charge is -2.53. The van der Waals surface area contributed by atoms with Gasteiger partial charge in [0.25, 0.3) is 0 Å². The van der Waals surface area contributed by atoms with Gasteiger partial charge in [0.1, 0.15) is 11.2 Å². The van der Waals surface area contributed by atoms with Crippen molar-refractivity contribution in [2.75, 3.05) is 47.0 Å². The van der Waals surface area contributed by atoms with Crippen molar-refractivity contribution in [2.45, 2.75) is 70.4 Å². The number of rotatable bonds is 6. The molecule has 4 aliphatic rings. The molecule has 0 saturated carbocycles. The Morgan fingerprint density at radius 1 is 1.06 bits per heavy atom. The molecule has 4 aromatic rings. The van der Waals surface area contributed by atoms with Gasteiger partial charge in [0.2, 0.25) is 0 Å². The third-order valence-electron chi connectivity index (χ3n) is 13.5. The van der Waals surface area contributed by atoms with Crippen LogP contribution in [0.5, 0.6) is 5.75 Å². The van der Waals surface area contributed by atoms with Crippen molar-refractivity contribution in [1.82, 2.24) is 19.8 Å². The summed E-state index contributed by atoms with van der Waals surface area (Å²) < 4.78 is 5.53. The molecule has 9 nitrogen and oxygen atoms in total. The number of fused-ring (bicyclic) bond motifs is 10. The summed E-state index contributed by atoms with van der Waals surface area (Å²) in [5.41, 5.74) is 7.52. The summed E-state index contributed by atoms with van der Waals surface area (Å²) in [6.07, 6.45) is 7.10. The lowest BCUT2D eigenvalue weighted by Crippen LogP contribution is -2.63. The van der Waals surface area contributed by atoms with Gasteiger partial charge in [-0.1, -0.05) is 43.2 Å². The Kier molecular flexibility index (Phi) is 8.61. The van der Waals surface area contributed by atoms with E-state index in [-0.39, 0.29) is 48.9 Å². The Balaban J connectivity index is 1.30. The van der Waals surface area contributed by atoms with Gasteiger partial charge in [0.15, 0.2) is 0 Å². The number of likely N-dealkylation sites (N-methyl/N-ethyl adjacent to an activating group) is 1. The number of aliphatic hydroxyl groups is 2. The van der Waals surface area contributed by atoms with E-state index in [1.54, 1.807) is 0 Å². The first kappa shape index (κ1) is 33.5. The molecular weight excluding hydrogens is 628 g/mol. The molecule has 3 aliphatic heterocycles. The van der Waals surface area contributed by atoms with E-state index in [0.717, 1.165) is 83.0 Å². The molecular formula is C41H52N4O5. The van der Waals surface area contributed by atoms with Gasteiger partial charge in [-0.15, -0.1) is 0 Å². The van der Waals surface area contributed by atoms with Crippen molar-refractivity contribution >= 4 is 27.8 Å². The number of H-pyrrole nitrogens is 2. The highest BCUT2D eigenvalue weighted by Crippen LogP contribution is 2.54. The third-order valence-corrected chi connectivity index (χ3v) is 13.5. The van der Waals surface area contributed by atoms with Crippen LogP contribution in [0.4, 0.5) is 0 Å². The zero-order valence-electron chi connectivity index (χ0n) is 29.8. The molecule has 7 atom stereocenters. The fourth-order valence-corrected chi connectivity index (χ4v) is 10.9. The molecule has 2 bridgehead atoms. The predicted octanol–water partition coefficient (Wildman–Crippen LogP) is 5.79. The number of piperidine rings is 2. The van der Waals surface area contributed by atoms with Crippen LogP contribution >= 0.6 is 0 Å². The minimum atomic E-state index is -1.17. The first-order valence-corrected chi connectivity index (χ1v) is 18.6. The molecule has 1 aliphatic carbocycles. The Morgan fingerprint density at radius 3 is 2.60 bits per heavy atom. The second-order valence-electron chi connectivity index (χ2n) is 15.5. The highest BCUT2D eigenvalue weighted by atomic mass is 16.5. The first-order valence-electron chi connectivity index (χ1n) is 18.6. The van der Waals surface area contributed by atoms with E-state index in [2.05, 4.69) is 51.0 Å². The van der Waals surface area contributed by atoms with Crippen LogP contribution in [0.1, 0.15) is 79.6 Å². The summed E-state index contributed by atoms with van der Waals surface area (Å²) in [5.74, 6) is 0.386. The second kappa shape index (κ2) is 12.9. The molecule has 0 radical (unpaired) electrons. The monoisotopic (exact) mass is 680 g/mol. The van der Waals surface area contributed by atoms with E-state index in [4.69, 9.17) is 4.74 Å². The molecule has 2 fully saturated rings. The number of esters is 1. The number of phenolic OH excluding ortho intramolecular Hbond substituents is 1. The molecule has 50 heavy (non-hydrogen) atoms. The normalized spacial score (nSPS) is 30.9. The summed E-state index contributed by atoms with van der Waals surface area (Å²) >= 11 is 0. The number of carbonyl (C=O) groups is 1. The fourth-order valence-electron chi connectivity index (χ4n) is 10.9. The number of ether oxygens (including phenoxy) is 1. The van der Waals surface area contributed by atoms with Gasteiger partial charge >= 0.3 is 5.97 Å². The molecule has 0 amide bonds. The number of allylic oxidation sites excluding steroid dienone is 1. The first-order chi connectivity index (χ1) is 24.3. The van der Waals surface area contributed by atoms with Crippen molar-refractivity contribution in [3.05, 3.63) is 76.1 Å². The lowest BCUT2D eigenvalue weighted by molar-refractivity contribution is -0.169. The number of benzene rings is 2. The van der Waals surface area contributed by atoms with Crippen molar-refractivity contribution < 1.29 is 24.9 Å². The van der Waals surface area contributed by atoms with E-state index in [1.807, 2.05) is 32.2 Å². The van der Waals surface area contributed by atoms with Crippen molar-refractivity contribution in [3.63, 3.8) is 0 Å². The van der Waals surface area contributed by atoms with Gasteiger partial charge in [0.05, 0.1) is 19.8 Å². The van der Waals surface area contributed by atoms with Gasteiger partial charge < -0.3 is 30.0 Å². The maximum atomic E-state index is 14.0. The van der Waals surface area contributed by atoms with Crippen LogP contribution < -0.4 is 0 Å². The van der Waals surface area contributed by atoms with E-state index < -0.39 is 5.41 Å². The SMILES string of the molecule is C/C=C1/CN(C)[C@H]2Cc3c([nH]c4ccccc34)[C@@H](c3cc4[nH]c5c(c4cc3O)CCN3C[C@H](CC)[C@@H](CCO)C[C@@H]53)C[C@H]1[C@]2(CO)C(=O)OC. The Labute approximate surface area is 294 Å². The molecule has 2 aromatic carbocycles. The van der Waals surface area contributed by atoms with Crippen LogP contribution in [0.3, 0.4) is 0 Å². The maximum absolute atomic E-state index is 14.0. The van der Waals surface area contributed by atoms with E-state index in [0.29, 0.717) is 31.2 Å². The highest BCUT2D eigenvalue weighted by molar-refractivity contribution is 5.89. The molecule has 266 valence electrons. The second-order valence-corrected chi connectivity index (χ2v) is 15.5. The summed E-state index contributed by atoms with van der Waals surface area (Å²) in [6.45, 7) is 6.92. The molecule has 5 N–H and O–H groups in total. The van der Waals surface area contributed by atoms with Gasteiger partial charge in [0, 0.05) is 82.9 Å². The Hall–Kier alpha value is -3.63. The number of nitrogens with one attached hydrogen (secondary N) is 2. The number of aromatic hydroxyl groups is 1. The average Bonchev–Trinajstić information content (AvgIpc) is 3.68. The maximum Gasteiger partial charge on any atom is 0.316 e. The lowest BCUT2D eigenvalue weighted by atomic mass is 9.58. The number of aliphatic hydroxyl groups excluding tert-OH is 2. The number of hydrogen-bond donors (Lipinski definition) is 5. The molecule has 0 unspecified atom stereocenters. The number of aromatic nitrogens is 2. The minimum absolute atomic E-state index is 0.225. The predicted molar refractivity (Wildman–Crippen MR) is 195 cm³/mol. The topological polar surface area (TPSA) is 125 Å². The van der Waals surface area contributed by atoms with E-state index >= 15 is 0 Å². The van der Waals surface area contributed by atoms with Crippen LogP contribution in [0, 0.1) is 23.2 Å². The Morgan fingerprint density at radius 2 is 1.86 bits per heavy atom. The number of para-hydroxylation sites is 1. The average molecular weight is 681 g/mol. The molecule has 9 heteroatoms. The van der Waals surface area contributed by atoms with E-state index in [9.17, 15) is 20.1 Å². The van der Waals surface area contributed by atoms with Crippen LogP contribution in [0.2, 0.25) is 0 Å². The van der Waals surface area contributed by atoms with Crippen LogP contribution in [0.15, 0.2) is 48.0 Å². The molecule has 2 saturated heterocycles. The highest BCUT2D eigenvalue weighted by Gasteiger charge is 2.59. The molecule has 5 heterocycles. The number of likely N-dealkylation sites (tertiary alicyclic amines) is 1. The number of methoxy groups -OCH3 is 1. The van der Waals surface area contributed by atoms with Crippen LogP contribution in [0.25, 0.3) is 21.8 Å². The van der Waals surface area contributed by atoms with Gasteiger partial charge in [-0.25, -0.2) is 0 Å². The van der Waals surface area contributed by atoms with Crippen molar-refractivity contribution in [3.8, 4) is 5.75 Å². The molecule has 2 aromatic heterocycles. The van der Waals surface area contributed by atoms with E-state index in [1.165, 1.54) is 18.4 Å². The van der Waals surface area contributed by atoms with Gasteiger partial charge in [-0.3, -0.25) is 14.6 Å². The number of carbonyl (C=O) groups excluding carboxylic acids is 1. The minimum Gasteiger partial charge on any atom is -0.508 e. The zero-order valence-corrected chi connectivity index (χ0v) is 29.8. The summed E-state index contributed by atoms with van der Waals surface area (Å²) in [5, 5.41) is 35.4. The standard InChI is InChI=1S/C41H52N4O5/c1-5-23-21-45-13-11-27-28-18-36(48)29(17-34(28)43-39(27)35(45)15-25(23)12-14-46)30-16-32-24(6-2)20-44(3)37(41(32,22-47)40(49)50-4)19-31-26-9-7-8-10-33(26)42-38(30)31/h6-10,17-18,23,25,30,32,35,37,42-43,46-48H,5,11-16,19-22H2,1-4H3/b24-6-/t23-,25-,30+,32+,35-,37-,41-/m0/s1. The number of phenols is 1. The van der Waals surface area contributed by atoms with Gasteiger partial charge in [-0.05, 0) is 87.2 Å². The fraction of sp³-hybridized carbons (Fsp3) is 0.537. The largest absolute Gasteiger partial charge is 0.508 e. The summed E-state index contributed by atoms with van der Waals surface area (Å²) in [4.78, 5) is 26.5. The third kappa shape index (κ3) is 4.91. The molecule has 0 spiro atoms. The van der Waals surface area contributed by atoms with Crippen LogP contribution in [-0.4, -0.2) is 94.1 Å². The smallest absolute Gasteiger partial charge is 0.316 e.